The Morgan fingerprint density at radius 2 is 2.06 bits per heavy atom. The number of halogens is 2. The zero-order valence-electron chi connectivity index (χ0n) is 9.50. The molecule has 0 N–H and O–H groups in total. The fraction of sp³-hybridized carbons (Fsp3) is 0.333. The largest absolute Gasteiger partial charge is 0.462 e. The van der Waals surface area contributed by atoms with E-state index in [-0.39, 0.29) is 5.78 Å². The molecular weight excluding hydrogens is 352 g/mol. The molecule has 0 fully saturated rings. The van der Waals surface area contributed by atoms with Crippen LogP contribution in [0, 0.1) is 0 Å². The van der Waals surface area contributed by atoms with E-state index in [1.54, 1.807) is 25.1 Å². The smallest absolute Gasteiger partial charge is 0.338 e. The Labute approximate surface area is 117 Å². The molecule has 0 aliphatic rings. The number of benzene rings is 1. The van der Waals surface area contributed by atoms with Crippen LogP contribution in [0.25, 0.3) is 0 Å². The lowest BCUT2D eigenvalue weighted by Crippen LogP contribution is -2.12. The van der Waals surface area contributed by atoms with Crippen LogP contribution in [-0.2, 0) is 9.53 Å². The highest BCUT2D eigenvalue weighted by atomic mass is 79.9. The summed E-state index contributed by atoms with van der Waals surface area (Å²) >= 11 is 6.57. The summed E-state index contributed by atoms with van der Waals surface area (Å²) in [5.74, 6) is -0.479. The van der Waals surface area contributed by atoms with Crippen molar-refractivity contribution >= 4 is 43.6 Å². The molecule has 0 aliphatic carbocycles. The van der Waals surface area contributed by atoms with E-state index in [0.29, 0.717) is 17.7 Å². The van der Waals surface area contributed by atoms with Crippen LogP contribution in [0.4, 0.5) is 0 Å². The van der Waals surface area contributed by atoms with Crippen LogP contribution in [-0.4, -0.2) is 18.4 Å². The van der Waals surface area contributed by atoms with Crippen LogP contribution in [0.2, 0.25) is 0 Å². The molecule has 1 rings (SSSR count). The molecule has 1 unspecified atom stereocenters. The maximum Gasteiger partial charge on any atom is 0.338 e. The van der Waals surface area contributed by atoms with Gasteiger partial charge in [-0.05, 0) is 31.5 Å². The highest BCUT2D eigenvalue weighted by Gasteiger charge is 2.21. The molecule has 3 nitrogen and oxygen atoms in total. The van der Waals surface area contributed by atoms with Crippen LogP contribution in [0.15, 0.2) is 22.7 Å². The van der Waals surface area contributed by atoms with Crippen molar-refractivity contribution in [1.29, 1.82) is 0 Å². The van der Waals surface area contributed by atoms with Crippen molar-refractivity contribution in [1.82, 2.24) is 0 Å². The van der Waals surface area contributed by atoms with Crippen LogP contribution in [0.1, 0.15) is 34.6 Å². The van der Waals surface area contributed by atoms with Crippen molar-refractivity contribution in [2.24, 2.45) is 0 Å². The van der Waals surface area contributed by atoms with Gasteiger partial charge >= 0.3 is 5.97 Å². The van der Waals surface area contributed by atoms with Crippen LogP contribution in [0.3, 0.4) is 0 Å². The Kier molecular flexibility index (Phi) is 5.33. The number of Topliss-reactive ketones (excluding diaryl/α,β-unsaturated/α-hetero) is 1. The molecule has 0 bridgehead atoms. The second-order valence-electron chi connectivity index (χ2n) is 3.43. The summed E-state index contributed by atoms with van der Waals surface area (Å²) in [7, 11) is 0. The lowest BCUT2D eigenvalue weighted by Gasteiger charge is -2.12. The van der Waals surface area contributed by atoms with E-state index < -0.39 is 10.8 Å². The topological polar surface area (TPSA) is 43.4 Å². The third-order valence-corrected chi connectivity index (χ3v) is 3.77. The second-order valence-corrected chi connectivity index (χ2v) is 5.26. The minimum absolute atomic E-state index is 0.0575. The zero-order valence-corrected chi connectivity index (χ0v) is 12.7. The summed E-state index contributed by atoms with van der Waals surface area (Å²) in [4.78, 5) is 22.6. The minimum Gasteiger partial charge on any atom is -0.462 e. The third-order valence-electron chi connectivity index (χ3n) is 2.14. The fourth-order valence-electron chi connectivity index (χ4n) is 1.35. The van der Waals surface area contributed by atoms with E-state index in [2.05, 4.69) is 31.9 Å². The first-order valence-corrected chi connectivity index (χ1v) is 6.79. The number of hydrogen-bond acceptors (Lipinski definition) is 3. The quantitative estimate of drug-likeness (QED) is 0.605. The van der Waals surface area contributed by atoms with E-state index in [1.807, 2.05) is 0 Å². The summed E-state index contributed by atoms with van der Waals surface area (Å²) in [5.41, 5.74) is 1.03. The maximum absolute atomic E-state index is 11.8. The van der Waals surface area contributed by atoms with Crippen LogP contribution in [0.5, 0.6) is 0 Å². The van der Waals surface area contributed by atoms with Gasteiger partial charge in [-0.3, -0.25) is 4.79 Å². The van der Waals surface area contributed by atoms with Gasteiger partial charge in [-0.25, -0.2) is 4.79 Å². The molecule has 0 heterocycles. The van der Waals surface area contributed by atoms with Gasteiger partial charge in [0, 0.05) is 4.47 Å². The number of carbonyl (C=O) groups is 2. The Morgan fingerprint density at radius 1 is 1.41 bits per heavy atom. The molecule has 0 aliphatic heterocycles. The van der Waals surface area contributed by atoms with E-state index in [1.165, 1.54) is 6.92 Å². The fourth-order valence-corrected chi connectivity index (χ4v) is 2.11. The molecular formula is C12H12Br2O3. The molecule has 0 aromatic heterocycles. The van der Waals surface area contributed by atoms with Gasteiger partial charge in [0.15, 0.2) is 0 Å². The first-order chi connectivity index (χ1) is 7.97. The Bertz CT molecular complexity index is 443. The Balaban J connectivity index is 3.21. The standard InChI is InChI=1S/C12H12Br2O3/c1-3-17-12(16)10-6-8(13)4-5-9(10)11(14)7(2)15/h4-6,11H,3H2,1-2H3. The highest BCUT2D eigenvalue weighted by Crippen LogP contribution is 2.29. The average Bonchev–Trinajstić information content (AvgIpc) is 2.28. The number of rotatable bonds is 4. The predicted molar refractivity (Wildman–Crippen MR) is 72.4 cm³/mol. The van der Waals surface area contributed by atoms with Gasteiger partial charge in [0.2, 0.25) is 0 Å². The number of ether oxygens (including phenoxy) is 1. The van der Waals surface area contributed by atoms with Gasteiger partial charge in [-0.15, -0.1) is 0 Å². The van der Waals surface area contributed by atoms with Crippen molar-refractivity contribution in [2.75, 3.05) is 6.61 Å². The van der Waals surface area contributed by atoms with Crippen molar-refractivity contribution < 1.29 is 14.3 Å². The van der Waals surface area contributed by atoms with E-state index in [9.17, 15) is 9.59 Å². The number of hydrogen-bond donors (Lipinski definition) is 0. The molecule has 5 heteroatoms. The van der Waals surface area contributed by atoms with Crippen molar-refractivity contribution in [3.8, 4) is 0 Å². The normalized spacial score (nSPS) is 12.0. The number of ketones is 1. The summed E-state index contributed by atoms with van der Waals surface area (Å²) in [5, 5.41) is 0. The zero-order chi connectivity index (χ0) is 13.0. The van der Waals surface area contributed by atoms with Crippen LogP contribution < -0.4 is 0 Å². The summed E-state index contributed by atoms with van der Waals surface area (Å²) in [6.07, 6.45) is 0. The van der Waals surface area contributed by atoms with Gasteiger partial charge in [-0.2, -0.15) is 0 Å². The number of alkyl halides is 1. The number of carbonyl (C=O) groups excluding carboxylic acids is 2. The summed E-state index contributed by atoms with van der Waals surface area (Å²) in [6, 6.07) is 5.18. The third kappa shape index (κ3) is 3.64. The molecule has 1 atom stereocenters. The first-order valence-electron chi connectivity index (χ1n) is 5.08. The molecule has 0 saturated carbocycles. The van der Waals surface area contributed by atoms with E-state index >= 15 is 0 Å². The molecule has 92 valence electrons. The van der Waals surface area contributed by atoms with E-state index in [0.717, 1.165) is 4.47 Å². The molecule has 1 aromatic carbocycles. The number of esters is 1. The highest BCUT2D eigenvalue weighted by molar-refractivity contribution is 9.10. The van der Waals surface area contributed by atoms with Gasteiger partial charge in [0.25, 0.3) is 0 Å². The molecule has 17 heavy (non-hydrogen) atoms. The maximum atomic E-state index is 11.8. The van der Waals surface area contributed by atoms with Gasteiger partial charge < -0.3 is 4.74 Å². The van der Waals surface area contributed by atoms with Gasteiger partial charge in [0.05, 0.1) is 17.0 Å². The Hall–Kier alpha value is -0.680. The monoisotopic (exact) mass is 362 g/mol. The first kappa shape index (κ1) is 14.4. The second kappa shape index (κ2) is 6.31. The average molecular weight is 364 g/mol. The summed E-state index contributed by atoms with van der Waals surface area (Å²) < 4.78 is 5.73. The van der Waals surface area contributed by atoms with Crippen molar-refractivity contribution in [2.45, 2.75) is 18.7 Å². The molecule has 0 amide bonds. The van der Waals surface area contributed by atoms with Gasteiger partial charge in [-0.1, -0.05) is 37.9 Å². The summed E-state index contributed by atoms with van der Waals surface area (Å²) in [6.45, 7) is 3.51. The predicted octanol–water partition coefficient (Wildman–Crippen LogP) is 3.65. The lowest BCUT2D eigenvalue weighted by molar-refractivity contribution is -0.116. The molecule has 0 radical (unpaired) electrons. The molecule has 0 spiro atoms. The Morgan fingerprint density at radius 3 is 2.59 bits per heavy atom. The minimum atomic E-state index is -0.491. The molecule has 1 aromatic rings. The van der Waals surface area contributed by atoms with E-state index in [4.69, 9.17) is 4.74 Å². The van der Waals surface area contributed by atoms with Crippen LogP contribution >= 0.6 is 31.9 Å². The molecule has 0 saturated heterocycles. The lowest BCUT2D eigenvalue weighted by atomic mass is 10.0. The van der Waals surface area contributed by atoms with Crippen molar-refractivity contribution in [3.63, 3.8) is 0 Å². The van der Waals surface area contributed by atoms with Gasteiger partial charge in [0.1, 0.15) is 5.78 Å². The van der Waals surface area contributed by atoms with Crippen molar-refractivity contribution in [3.05, 3.63) is 33.8 Å². The SMILES string of the molecule is CCOC(=O)c1cc(Br)ccc1C(Br)C(C)=O.